The van der Waals surface area contributed by atoms with Crippen molar-refractivity contribution >= 4 is 0 Å². The van der Waals surface area contributed by atoms with E-state index in [1.165, 1.54) is 24.8 Å². The lowest BCUT2D eigenvalue weighted by Crippen LogP contribution is -2.09. The Kier molecular flexibility index (Phi) is 3.54. The molecule has 0 radical (unpaired) electrons. The minimum Gasteiger partial charge on any atom is -0.330 e. The van der Waals surface area contributed by atoms with E-state index in [2.05, 4.69) is 19.6 Å². The van der Waals surface area contributed by atoms with E-state index in [4.69, 9.17) is 5.73 Å². The number of nitrogens with two attached hydrogens (primary N) is 1. The Hall–Kier alpha value is -0.560. The summed E-state index contributed by atoms with van der Waals surface area (Å²) in [5, 5.41) is 0. The average molecular weight is 165 g/mol. The first-order valence-corrected chi connectivity index (χ1v) is 4.77. The predicted octanol–water partition coefficient (Wildman–Crippen LogP) is 2.64. The summed E-state index contributed by atoms with van der Waals surface area (Å²) in [4.78, 5) is 0. The molecule has 12 heavy (non-hydrogen) atoms. The van der Waals surface area contributed by atoms with Crippen LogP contribution in [-0.4, -0.2) is 6.54 Å². The summed E-state index contributed by atoms with van der Waals surface area (Å²) >= 11 is 0. The highest BCUT2D eigenvalue weighted by Crippen LogP contribution is 2.28. The van der Waals surface area contributed by atoms with E-state index in [-0.39, 0.29) is 0 Å². The van der Waals surface area contributed by atoms with Crippen molar-refractivity contribution in [2.45, 2.75) is 32.6 Å². The molecular weight excluding hydrogens is 146 g/mol. The van der Waals surface area contributed by atoms with E-state index in [1.54, 1.807) is 5.57 Å². The summed E-state index contributed by atoms with van der Waals surface area (Å²) in [7, 11) is 0. The van der Waals surface area contributed by atoms with Crippen molar-refractivity contribution in [3.8, 4) is 0 Å². The standard InChI is InChI=1S/C11H19N/c1-9(2)11-5-3-10(4-6-11)7-8-12/h3,11H,1,4-8,12H2,2H3. The highest BCUT2D eigenvalue weighted by molar-refractivity contribution is 5.12. The molecule has 1 aliphatic rings. The maximum atomic E-state index is 5.50. The van der Waals surface area contributed by atoms with Crippen LogP contribution in [0.1, 0.15) is 32.6 Å². The van der Waals surface area contributed by atoms with Crippen molar-refractivity contribution < 1.29 is 0 Å². The van der Waals surface area contributed by atoms with Gasteiger partial charge >= 0.3 is 0 Å². The fourth-order valence-corrected chi connectivity index (χ4v) is 1.75. The largest absolute Gasteiger partial charge is 0.330 e. The molecule has 0 aliphatic heterocycles. The van der Waals surface area contributed by atoms with Crippen molar-refractivity contribution in [2.24, 2.45) is 11.7 Å². The minimum atomic E-state index is 0.728. The first kappa shape index (κ1) is 9.53. The number of hydrogen-bond acceptors (Lipinski definition) is 1. The second kappa shape index (κ2) is 4.46. The van der Waals surface area contributed by atoms with Gasteiger partial charge in [-0.05, 0) is 45.1 Å². The van der Waals surface area contributed by atoms with E-state index in [9.17, 15) is 0 Å². The van der Waals surface area contributed by atoms with Gasteiger partial charge in [0.05, 0.1) is 0 Å². The molecular formula is C11H19N. The van der Waals surface area contributed by atoms with Gasteiger partial charge in [-0.2, -0.15) is 0 Å². The van der Waals surface area contributed by atoms with Gasteiger partial charge in [0.15, 0.2) is 0 Å². The van der Waals surface area contributed by atoms with E-state index in [1.807, 2.05) is 0 Å². The normalized spacial score (nSPS) is 23.5. The summed E-state index contributed by atoms with van der Waals surface area (Å²) < 4.78 is 0. The summed E-state index contributed by atoms with van der Waals surface area (Å²) in [6, 6.07) is 0. The molecule has 0 spiro atoms. The highest BCUT2D eigenvalue weighted by Gasteiger charge is 2.13. The van der Waals surface area contributed by atoms with E-state index >= 15 is 0 Å². The molecule has 0 amide bonds. The highest BCUT2D eigenvalue weighted by atomic mass is 14.5. The lowest BCUT2D eigenvalue weighted by molar-refractivity contribution is 0.532. The van der Waals surface area contributed by atoms with Gasteiger partial charge < -0.3 is 5.73 Å². The van der Waals surface area contributed by atoms with Crippen LogP contribution in [0.2, 0.25) is 0 Å². The molecule has 0 heterocycles. The fourth-order valence-electron chi connectivity index (χ4n) is 1.75. The molecule has 1 unspecified atom stereocenters. The molecule has 1 aliphatic carbocycles. The van der Waals surface area contributed by atoms with Gasteiger partial charge in [-0.1, -0.05) is 23.8 Å². The Bertz CT molecular complexity index is 191. The molecule has 2 N–H and O–H groups in total. The van der Waals surface area contributed by atoms with E-state index in [0.29, 0.717) is 0 Å². The SMILES string of the molecule is C=C(C)C1CC=C(CCN)CC1. The number of allylic oxidation sites excluding steroid dienone is 2. The Morgan fingerprint density at radius 1 is 1.75 bits per heavy atom. The molecule has 0 aromatic carbocycles. The van der Waals surface area contributed by atoms with Crippen LogP contribution in [-0.2, 0) is 0 Å². The third kappa shape index (κ3) is 2.49. The van der Waals surface area contributed by atoms with Gasteiger partial charge in [-0.25, -0.2) is 0 Å². The Morgan fingerprint density at radius 3 is 2.92 bits per heavy atom. The molecule has 0 aromatic rings. The van der Waals surface area contributed by atoms with Crippen molar-refractivity contribution in [1.29, 1.82) is 0 Å². The van der Waals surface area contributed by atoms with Crippen molar-refractivity contribution in [2.75, 3.05) is 6.54 Å². The quantitative estimate of drug-likeness (QED) is 0.639. The van der Waals surface area contributed by atoms with Gasteiger partial charge in [-0.15, -0.1) is 0 Å². The molecule has 1 rings (SSSR count). The van der Waals surface area contributed by atoms with Crippen LogP contribution in [0.4, 0.5) is 0 Å². The monoisotopic (exact) mass is 165 g/mol. The minimum absolute atomic E-state index is 0.728. The zero-order valence-electron chi connectivity index (χ0n) is 7.97. The second-order valence-corrected chi connectivity index (χ2v) is 3.72. The lowest BCUT2D eigenvalue weighted by Gasteiger charge is -2.21. The van der Waals surface area contributed by atoms with Gasteiger partial charge in [0.1, 0.15) is 0 Å². The molecule has 0 aromatic heterocycles. The van der Waals surface area contributed by atoms with Gasteiger partial charge in [-0.3, -0.25) is 0 Å². The van der Waals surface area contributed by atoms with Gasteiger partial charge in [0.2, 0.25) is 0 Å². The Morgan fingerprint density at radius 2 is 2.50 bits per heavy atom. The maximum Gasteiger partial charge on any atom is -0.00399 e. The average Bonchev–Trinajstić information content (AvgIpc) is 2.06. The fraction of sp³-hybridized carbons (Fsp3) is 0.636. The van der Waals surface area contributed by atoms with Gasteiger partial charge in [0, 0.05) is 0 Å². The first-order valence-electron chi connectivity index (χ1n) is 4.77. The zero-order chi connectivity index (χ0) is 8.97. The molecule has 0 saturated carbocycles. The third-order valence-corrected chi connectivity index (χ3v) is 2.67. The smallest absolute Gasteiger partial charge is 0.00399 e. The zero-order valence-corrected chi connectivity index (χ0v) is 7.97. The summed E-state index contributed by atoms with van der Waals surface area (Å²) in [6.07, 6.45) is 7.14. The number of hydrogen-bond donors (Lipinski definition) is 1. The van der Waals surface area contributed by atoms with Crippen LogP contribution >= 0.6 is 0 Å². The van der Waals surface area contributed by atoms with E-state index in [0.717, 1.165) is 18.9 Å². The van der Waals surface area contributed by atoms with Crippen LogP contribution in [0.5, 0.6) is 0 Å². The van der Waals surface area contributed by atoms with Crippen molar-refractivity contribution in [1.82, 2.24) is 0 Å². The van der Waals surface area contributed by atoms with E-state index < -0.39 is 0 Å². The molecule has 1 atom stereocenters. The lowest BCUT2D eigenvalue weighted by atomic mass is 9.85. The summed E-state index contributed by atoms with van der Waals surface area (Å²) in [5.41, 5.74) is 8.38. The summed E-state index contributed by atoms with van der Waals surface area (Å²) in [5.74, 6) is 0.728. The molecule has 1 heteroatoms. The molecule has 0 fully saturated rings. The van der Waals surface area contributed by atoms with Crippen LogP contribution < -0.4 is 5.73 Å². The third-order valence-electron chi connectivity index (χ3n) is 2.67. The van der Waals surface area contributed by atoms with Crippen LogP contribution in [0.25, 0.3) is 0 Å². The second-order valence-electron chi connectivity index (χ2n) is 3.72. The topological polar surface area (TPSA) is 26.0 Å². The molecule has 0 saturated heterocycles. The molecule has 1 nitrogen and oxygen atoms in total. The Labute approximate surface area is 75.3 Å². The van der Waals surface area contributed by atoms with Crippen molar-refractivity contribution in [3.05, 3.63) is 23.8 Å². The first-order chi connectivity index (χ1) is 5.74. The summed E-state index contributed by atoms with van der Waals surface area (Å²) in [6.45, 7) is 6.92. The predicted molar refractivity (Wildman–Crippen MR) is 53.9 cm³/mol. The Balaban J connectivity index is 2.42. The van der Waals surface area contributed by atoms with Crippen LogP contribution in [0, 0.1) is 5.92 Å². The van der Waals surface area contributed by atoms with Gasteiger partial charge in [0.25, 0.3) is 0 Å². The maximum absolute atomic E-state index is 5.50. The number of rotatable bonds is 3. The van der Waals surface area contributed by atoms with Crippen molar-refractivity contribution in [3.63, 3.8) is 0 Å². The van der Waals surface area contributed by atoms with Crippen LogP contribution in [0.3, 0.4) is 0 Å². The van der Waals surface area contributed by atoms with Crippen LogP contribution in [0.15, 0.2) is 23.8 Å². The molecule has 0 bridgehead atoms. The molecule has 68 valence electrons.